The number of benzene rings is 3. The van der Waals surface area contributed by atoms with Crippen molar-refractivity contribution in [3.8, 4) is 5.75 Å². The molecule has 2 aromatic heterocycles. The molecular weight excluding hydrogens is 493 g/mol. The van der Waals surface area contributed by atoms with Crippen molar-refractivity contribution in [2.75, 3.05) is 11.4 Å². The molecule has 170 valence electrons. The molecule has 1 N–H and O–H groups in total. The highest BCUT2D eigenvalue weighted by atomic mass is 35.5. The first kappa shape index (κ1) is 22.5. The van der Waals surface area contributed by atoms with Crippen LogP contribution >= 0.6 is 34.8 Å². The quantitative estimate of drug-likeness (QED) is 0.243. The molecule has 0 aliphatic carbocycles. The van der Waals surface area contributed by atoms with Crippen molar-refractivity contribution < 1.29 is 9.53 Å². The summed E-state index contributed by atoms with van der Waals surface area (Å²) in [5.41, 5.74) is 3.84. The van der Waals surface area contributed by atoms with E-state index in [1.165, 1.54) is 12.4 Å². The van der Waals surface area contributed by atoms with E-state index in [1.54, 1.807) is 6.07 Å². The maximum absolute atomic E-state index is 13.4. The highest BCUT2D eigenvalue weighted by molar-refractivity contribution is 6.40. The van der Waals surface area contributed by atoms with E-state index >= 15 is 0 Å². The molecule has 5 nitrogen and oxygen atoms in total. The van der Waals surface area contributed by atoms with Crippen LogP contribution in [0, 0.1) is 0 Å². The van der Waals surface area contributed by atoms with Crippen LogP contribution in [-0.2, 0) is 6.54 Å². The summed E-state index contributed by atoms with van der Waals surface area (Å²) in [6, 6.07) is 21.6. The van der Waals surface area contributed by atoms with Gasteiger partial charge in [0.2, 0.25) is 0 Å². The average molecular weight is 511 g/mol. The molecule has 8 heteroatoms. The largest absolute Gasteiger partial charge is 0.478 e. The van der Waals surface area contributed by atoms with Crippen LogP contribution in [0.25, 0.3) is 21.8 Å². The fourth-order valence-corrected chi connectivity index (χ4v) is 4.70. The van der Waals surface area contributed by atoms with Gasteiger partial charge >= 0.3 is 0 Å². The number of rotatable bonds is 6. The number of pyridine rings is 1. The Hall–Kier alpha value is -3.25. The molecule has 3 aromatic carbocycles. The molecule has 0 spiro atoms. The highest BCUT2D eigenvalue weighted by Gasteiger charge is 2.20. The molecule has 0 atom stereocenters. The van der Waals surface area contributed by atoms with Crippen LogP contribution in [0.4, 0.5) is 5.69 Å². The number of carbonyl (C=O) groups excluding carboxylic acids is 1. The lowest BCUT2D eigenvalue weighted by Gasteiger charge is -2.10. The molecule has 0 saturated heterocycles. The van der Waals surface area contributed by atoms with Crippen molar-refractivity contribution in [2.24, 2.45) is 0 Å². The standard InChI is InChI=1S/C26H18Cl3N3O2/c27-15-34-17-9-10-22-19(11-17)24-18(26(33)31-25-20(28)12-30-13-21(25)29)7-4-8-23(24)32(22)14-16-5-2-1-3-6-16/h1-13H,14-15H2,(H,30,31,33). The van der Waals surface area contributed by atoms with Gasteiger partial charge in [0.15, 0.2) is 6.07 Å². The van der Waals surface area contributed by atoms with Gasteiger partial charge in [0.25, 0.3) is 5.91 Å². The number of halogens is 3. The van der Waals surface area contributed by atoms with Gasteiger partial charge < -0.3 is 14.6 Å². The molecule has 0 unspecified atom stereocenters. The molecule has 5 aromatic rings. The van der Waals surface area contributed by atoms with E-state index in [-0.39, 0.29) is 22.0 Å². The van der Waals surface area contributed by atoms with E-state index in [2.05, 4.69) is 27.0 Å². The number of nitrogens with zero attached hydrogens (tertiary/aromatic N) is 2. The van der Waals surface area contributed by atoms with Crippen molar-refractivity contribution in [3.63, 3.8) is 0 Å². The van der Waals surface area contributed by atoms with Crippen molar-refractivity contribution in [1.29, 1.82) is 0 Å². The van der Waals surface area contributed by atoms with Gasteiger partial charge in [-0.1, -0.05) is 71.2 Å². The Kier molecular flexibility index (Phi) is 6.33. The first-order chi connectivity index (χ1) is 16.6. The van der Waals surface area contributed by atoms with Crippen LogP contribution in [0.2, 0.25) is 10.0 Å². The van der Waals surface area contributed by atoms with Gasteiger partial charge in [-0.05, 0) is 35.9 Å². The molecule has 1 amide bonds. The Morgan fingerprint density at radius 2 is 1.71 bits per heavy atom. The SMILES string of the molecule is O=C(Nc1c(Cl)cncc1Cl)c1cccc2c1c1cc(OCCl)ccc1n2Cc1ccccc1. The second kappa shape index (κ2) is 9.55. The van der Waals surface area contributed by atoms with Crippen LogP contribution in [0.15, 0.2) is 79.1 Å². The molecule has 34 heavy (non-hydrogen) atoms. The van der Waals surface area contributed by atoms with E-state index in [9.17, 15) is 4.79 Å². The van der Waals surface area contributed by atoms with Crippen LogP contribution < -0.4 is 10.1 Å². The summed E-state index contributed by atoms with van der Waals surface area (Å²) in [4.78, 5) is 17.4. The third-order valence-corrected chi connectivity index (χ3v) is 6.28. The predicted octanol–water partition coefficient (Wildman–Crippen LogP) is 7.37. The molecule has 0 radical (unpaired) electrons. The lowest BCUT2D eigenvalue weighted by molar-refractivity contribution is 0.102. The number of fused-ring (bicyclic) bond motifs is 3. The van der Waals surface area contributed by atoms with E-state index in [4.69, 9.17) is 39.5 Å². The minimum absolute atomic E-state index is 0.0283. The van der Waals surface area contributed by atoms with Crippen molar-refractivity contribution in [3.05, 3.63) is 100 Å². The van der Waals surface area contributed by atoms with E-state index in [0.29, 0.717) is 23.5 Å². The van der Waals surface area contributed by atoms with Crippen LogP contribution in [0.1, 0.15) is 15.9 Å². The average Bonchev–Trinajstić information content (AvgIpc) is 3.15. The molecule has 2 heterocycles. The molecule has 0 aliphatic heterocycles. The molecule has 0 saturated carbocycles. The number of ether oxygens (including phenoxy) is 1. The van der Waals surface area contributed by atoms with Gasteiger partial charge in [0, 0.05) is 40.8 Å². The van der Waals surface area contributed by atoms with Crippen molar-refractivity contribution in [1.82, 2.24) is 9.55 Å². The maximum Gasteiger partial charge on any atom is 0.256 e. The van der Waals surface area contributed by atoms with E-state index < -0.39 is 0 Å². The molecule has 5 rings (SSSR count). The number of amides is 1. The van der Waals surface area contributed by atoms with Gasteiger partial charge in [-0.15, -0.1) is 0 Å². The number of carbonyl (C=O) groups is 1. The fraction of sp³-hybridized carbons (Fsp3) is 0.0769. The van der Waals surface area contributed by atoms with Crippen molar-refractivity contribution in [2.45, 2.75) is 6.54 Å². The summed E-state index contributed by atoms with van der Waals surface area (Å²) in [7, 11) is 0. The Morgan fingerprint density at radius 1 is 0.941 bits per heavy atom. The third kappa shape index (κ3) is 4.18. The number of anilines is 1. The summed E-state index contributed by atoms with van der Waals surface area (Å²) in [5.74, 6) is 0.291. The Morgan fingerprint density at radius 3 is 2.44 bits per heavy atom. The third-order valence-electron chi connectivity index (χ3n) is 5.60. The maximum atomic E-state index is 13.4. The summed E-state index contributed by atoms with van der Waals surface area (Å²) in [6.07, 6.45) is 2.87. The van der Waals surface area contributed by atoms with Gasteiger partial charge in [0.1, 0.15) is 5.75 Å². The van der Waals surface area contributed by atoms with E-state index in [0.717, 1.165) is 27.4 Å². The summed E-state index contributed by atoms with van der Waals surface area (Å²) < 4.78 is 7.72. The lowest BCUT2D eigenvalue weighted by atomic mass is 10.1. The zero-order valence-corrected chi connectivity index (χ0v) is 20.0. The Labute approximate surface area is 210 Å². The van der Waals surface area contributed by atoms with Crippen LogP contribution in [0.5, 0.6) is 5.75 Å². The van der Waals surface area contributed by atoms with Crippen LogP contribution in [-0.4, -0.2) is 21.5 Å². The first-order valence-electron chi connectivity index (χ1n) is 10.4. The smallest absolute Gasteiger partial charge is 0.256 e. The zero-order chi connectivity index (χ0) is 23.7. The number of aromatic nitrogens is 2. The monoisotopic (exact) mass is 509 g/mol. The molecular formula is C26H18Cl3N3O2. The number of nitrogens with one attached hydrogen (secondary N) is 1. The van der Waals surface area contributed by atoms with Crippen LogP contribution in [0.3, 0.4) is 0 Å². The lowest BCUT2D eigenvalue weighted by Crippen LogP contribution is -2.13. The Bertz CT molecular complexity index is 1500. The first-order valence-corrected chi connectivity index (χ1v) is 11.7. The molecule has 0 fully saturated rings. The Balaban J connectivity index is 1.70. The van der Waals surface area contributed by atoms with Gasteiger partial charge in [-0.25, -0.2) is 0 Å². The number of alkyl halides is 1. The fourth-order valence-electron chi connectivity index (χ4n) is 4.12. The minimum atomic E-state index is -0.331. The topological polar surface area (TPSA) is 56.1 Å². The number of hydrogen-bond donors (Lipinski definition) is 1. The second-order valence-corrected chi connectivity index (χ2v) is 8.67. The molecule has 0 bridgehead atoms. The minimum Gasteiger partial charge on any atom is -0.478 e. The predicted molar refractivity (Wildman–Crippen MR) is 139 cm³/mol. The van der Waals surface area contributed by atoms with E-state index in [1.807, 2.05) is 48.5 Å². The second-order valence-electron chi connectivity index (χ2n) is 7.64. The van der Waals surface area contributed by atoms with Crippen molar-refractivity contribution >= 4 is 68.2 Å². The van der Waals surface area contributed by atoms with Gasteiger partial charge in [0.05, 0.1) is 21.2 Å². The van der Waals surface area contributed by atoms with Gasteiger partial charge in [-0.3, -0.25) is 9.78 Å². The summed E-state index contributed by atoms with van der Waals surface area (Å²) in [5, 5.41) is 5.05. The molecule has 0 aliphatic rings. The summed E-state index contributed by atoms with van der Waals surface area (Å²) in [6.45, 7) is 0.642. The highest BCUT2D eigenvalue weighted by Crippen LogP contribution is 2.36. The zero-order valence-electron chi connectivity index (χ0n) is 17.8. The summed E-state index contributed by atoms with van der Waals surface area (Å²) >= 11 is 18.3. The normalized spacial score (nSPS) is 11.1. The van der Waals surface area contributed by atoms with Gasteiger partial charge in [-0.2, -0.15) is 0 Å². The number of hydrogen-bond acceptors (Lipinski definition) is 3.